The fraction of sp³-hybridized carbons (Fsp3) is 0.435. The molecule has 1 atom stereocenters. The van der Waals surface area contributed by atoms with Crippen LogP contribution >= 0.6 is 23.4 Å². The first kappa shape index (κ1) is 21.1. The molecule has 1 aliphatic heterocycles. The lowest BCUT2D eigenvalue weighted by atomic mass is 9.98. The van der Waals surface area contributed by atoms with E-state index in [1.165, 1.54) is 18.5 Å². The maximum atomic E-state index is 12.3. The SMILES string of the molecule is CC1CCN(c2ccc(C(C)NC(=O)CCSc3ccc(Cl)cc3)cc2)CC1. The summed E-state index contributed by atoms with van der Waals surface area (Å²) in [5.74, 6) is 1.68. The van der Waals surface area contributed by atoms with Gasteiger partial charge in [-0.1, -0.05) is 30.7 Å². The minimum absolute atomic E-state index is 0.0171. The van der Waals surface area contributed by atoms with Crippen LogP contribution in [0, 0.1) is 5.92 Å². The molecular weight excluding hydrogens is 388 g/mol. The van der Waals surface area contributed by atoms with Gasteiger partial charge in [-0.25, -0.2) is 0 Å². The summed E-state index contributed by atoms with van der Waals surface area (Å²) in [5.41, 5.74) is 2.43. The number of piperidine rings is 1. The van der Waals surface area contributed by atoms with Crippen molar-refractivity contribution in [3.05, 3.63) is 59.1 Å². The second kappa shape index (κ2) is 10.2. The Hall–Kier alpha value is -1.65. The van der Waals surface area contributed by atoms with E-state index in [0.29, 0.717) is 6.42 Å². The van der Waals surface area contributed by atoms with Gasteiger partial charge in [-0.05, 0) is 67.6 Å². The molecule has 0 aliphatic carbocycles. The van der Waals surface area contributed by atoms with Crippen LogP contribution in [-0.2, 0) is 4.79 Å². The van der Waals surface area contributed by atoms with Gasteiger partial charge in [0.2, 0.25) is 5.91 Å². The van der Waals surface area contributed by atoms with Crippen LogP contribution in [0.25, 0.3) is 0 Å². The molecule has 0 radical (unpaired) electrons. The van der Waals surface area contributed by atoms with Crippen molar-refractivity contribution in [2.24, 2.45) is 5.92 Å². The van der Waals surface area contributed by atoms with Crippen LogP contribution in [0.4, 0.5) is 5.69 Å². The molecule has 150 valence electrons. The number of benzene rings is 2. The van der Waals surface area contributed by atoms with Crippen LogP contribution in [0.5, 0.6) is 0 Å². The van der Waals surface area contributed by atoms with E-state index >= 15 is 0 Å². The zero-order valence-electron chi connectivity index (χ0n) is 16.7. The molecule has 0 aromatic heterocycles. The molecule has 1 aliphatic rings. The Bertz CT molecular complexity index is 755. The number of nitrogens with zero attached hydrogens (tertiary/aromatic N) is 1. The van der Waals surface area contributed by atoms with Crippen LogP contribution in [0.1, 0.15) is 44.7 Å². The minimum Gasteiger partial charge on any atom is -0.372 e. The molecule has 1 heterocycles. The number of halogens is 1. The summed E-state index contributed by atoms with van der Waals surface area (Å²) < 4.78 is 0. The van der Waals surface area contributed by atoms with E-state index in [2.05, 4.69) is 41.4 Å². The standard InChI is InChI=1S/C23H29ClN2OS/c1-17-11-14-26(15-12-17)21-7-3-19(4-8-21)18(2)25-23(27)13-16-28-22-9-5-20(24)6-10-22/h3-10,17-18H,11-16H2,1-2H3,(H,25,27). The first-order chi connectivity index (χ1) is 13.5. The van der Waals surface area contributed by atoms with Gasteiger partial charge in [0, 0.05) is 40.9 Å². The molecule has 0 bridgehead atoms. The first-order valence-corrected chi connectivity index (χ1v) is 11.4. The highest BCUT2D eigenvalue weighted by Gasteiger charge is 2.16. The van der Waals surface area contributed by atoms with Crippen molar-refractivity contribution < 1.29 is 4.79 Å². The molecule has 2 aromatic carbocycles. The molecule has 0 spiro atoms. The summed E-state index contributed by atoms with van der Waals surface area (Å²) in [5, 5.41) is 3.84. The summed E-state index contributed by atoms with van der Waals surface area (Å²) in [6, 6.07) is 16.4. The summed E-state index contributed by atoms with van der Waals surface area (Å²) in [4.78, 5) is 15.9. The Morgan fingerprint density at radius 2 is 1.79 bits per heavy atom. The number of rotatable bonds is 7. The third-order valence-electron chi connectivity index (χ3n) is 5.33. The Kier molecular flexibility index (Phi) is 7.69. The van der Waals surface area contributed by atoms with Gasteiger partial charge in [0.25, 0.3) is 0 Å². The average molecular weight is 417 g/mol. The van der Waals surface area contributed by atoms with E-state index < -0.39 is 0 Å². The molecule has 1 saturated heterocycles. The predicted molar refractivity (Wildman–Crippen MR) is 120 cm³/mol. The number of hydrogen-bond acceptors (Lipinski definition) is 3. The largest absolute Gasteiger partial charge is 0.372 e. The molecule has 2 aromatic rings. The minimum atomic E-state index is 0.0171. The third-order valence-corrected chi connectivity index (χ3v) is 6.60. The summed E-state index contributed by atoms with van der Waals surface area (Å²) >= 11 is 7.57. The van der Waals surface area contributed by atoms with Crippen molar-refractivity contribution in [1.29, 1.82) is 0 Å². The molecule has 1 unspecified atom stereocenters. The number of anilines is 1. The number of hydrogen-bond donors (Lipinski definition) is 1. The number of nitrogens with one attached hydrogen (secondary N) is 1. The monoisotopic (exact) mass is 416 g/mol. The zero-order valence-corrected chi connectivity index (χ0v) is 18.2. The van der Waals surface area contributed by atoms with Gasteiger partial charge < -0.3 is 10.2 Å². The highest BCUT2D eigenvalue weighted by Crippen LogP contribution is 2.25. The lowest BCUT2D eigenvalue weighted by Crippen LogP contribution is -2.32. The zero-order chi connectivity index (χ0) is 19.9. The van der Waals surface area contributed by atoms with E-state index in [9.17, 15) is 4.79 Å². The van der Waals surface area contributed by atoms with E-state index in [-0.39, 0.29) is 11.9 Å². The maximum absolute atomic E-state index is 12.3. The van der Waals surface area contributed by atoms with Crippen molar-refractivity contribution in [3.63, 3.8) is 0 Å². The highest BCUT2D eigenvalue weighted by atomic mass is 35.5. The molecule has 3 rings (SSSR count). The van der Waals surface area contributed by atoms with Crippen LogP contribution in [0.3, 0.4) is 0 Å². The van der Waals surface area contributed by atoms with Gasteiger partial charge in [-0.3, -0.25) is 4.79 Å². The molecule has 0 saturated carbocycles. The van der Waals surface area contributed by atoms with E-state index in [0.717, 1.165) is 40.2 Å². The van der Waals surface area contributed by atoms with Crippen LogP contribution < -0.4 is 10.2 Å². The number of carbonyl (C=O) groups is 1. The fourth-order valence-corrected chi connectivity index (χ4v) is 4.41. The van der Waals surface area contributed by atoms with Crippen LogP contribution in [-0.4, -0.2) is 24.7 Å². The van der Waals surface area contributed by atoms with E-state index in [4.69, 9.17) is 11.6 Å². The molecule has 1 fully saturated rings. The average Bonchev–Trinajstić information content (AvgIpc) is 2.70. The normalized spacial score (nSPS) is 16.0. The highest BCUT2D eigenvalue weighted by molar-refractivity contribution is 7.99. The Morgan fingerprint density at radius 1 is 1.14 bits per heavy atom. The third kappa shape index (κ3) is 6.18. The molecular formula is C23H29ClN2OS. The predicted octanol–water partition coefficient (Wildman–Crippen LogP) is 5.94. The lowest BCUT2D eigenvalue weighted by Gasteiger charge is -2.32. The van der Waals surface area contributed by atoms with Crippen molar-refractivity contribution in [1.82, 2.24) is 5.32 Å². The molecule has 1 N–H and O–H groups in total. The Balaban J connectivity index is 1.43. The van der Waals surface area contributed by atoms with Gasteiger partial charge in [0.1, 0.15) is 0 Å². The number of amides is 1. The second-order valence-electron chi connectivity index (χ2n) is 7.60. The second-order valence-corrected chi connectivity index (χ2v) is 9.21. The van der Waals surface area contributed by atoms with E-state index in [1.807, 2.05) is 31.2 Å². The topological polar surface area (TPSA) is 32.3 Å². The summed E-state index contributed by atoms with van der Waals surface area (Å²) in [6.07, 6.45) is 3.03. The van der Waals surface area contributed by atoms with Crippen molar-refractivity contribution in [2.45, 2.75) is 44.0 Å². The Labute approximate surface area is 177 Å². The van der Waals surface area contributed by atoms with Crippen molar-refractivity contribution in [2.75, 3.05) is 23.7 Å². The van der Waals surface area contributed by atoms with Gasteiger partial charge in [-0.15, -0.1) is 11.8 Å². The van der Waals surface area contributed by atoms with Crippen LogP contribution in [0.15, 0.2) is 53.4 Å². The Morgan fingerprint density at radius 3 is 2.43 bits per heavy atom. The first-order valence-electron chi connectivity index (χ1n) is 10.0. The smallest absolute Gasteiger partial charge is 0.221 e. The summed E-state index contributed by atoms with van der Waals surface area (Å²) in [6.45, 7) is 6.65. The van der Waals surface area contributed by atoms with Gasteiger partial charge in [0.15, 0.2) is 0 Å². The molecule has 1 amide bonds. The van der Waals surface area contributed by atoms with Crippen molar-refractivity contribution in [3.8, 4) is 0 Å². The quantitative estimate of drug-likeness (QED) is 0.567. The lowest BCUT2D eigenvalue weighted by molar-refractivity contribution is -0.121. The molecule has 28 heavy (non-hydrogen) atoms. The fourth-order valence-electron chi connectivity index (χ4n) is 3.43. The maximum Gasteiger partial charge on any atom is 0.221 e. The molecule has 5 heteroatoms. The van der Waals surface area contributed by atoms with Gasteiger partial charge in [0.05, 0.1) is 6.04 Å². The van der Waals surface area contributed by atoms with Gasteiger partial charge >= 0.3 is 0 Å². The summed E-state index contributed by atoms with van der Waals surface area (Å²) in [7, 11) is 0. The van der Waals surface area contributed by atoms with Gasteiger partial charge in [-0.2, -0.15) is 0 Å². The number of thioether (sulfide) groups is 1. The number of carbonyl (C=O) groups excluding carboxylic acids is 1. The van der Waals surface area contributed by atoms with Crippen molar-refractivity contribution >= 4 is 35.0 Å². The van der Waals surface area contributed by atoms with E-state index in [1.54, 1.807) is 11.8 Å². The van der Waals surface area contributed by atoms with Crippen LogP contribution in [0.2, 0.25) is 5.02 Å². The molecule has 3 nitrogen and oxygen atoms in total.